The quantitative estimate of drug-likeness (QED) is 0.853. The highest BCUT2D eigenvalue weighted by atomic mass is 32.2. The largest absolute Gasteiger partial charge is 0.497 e. The monoisotopic (exact) mass is 296 g/mol. The molecule has 2 amide bonds. The van der Waals surface area contributed by atoms with Crippen LogP contribution in [0.15, 0.2) is 24.3 Å². The van der Waals surface area contributed by atoms with Gasteiger partial charge in [0.05, 0.1) is 12.9 Å². The number of thioether (sulfide) groups is 1. The number of ether oxygens (including phenoxy) is 1. The van der Waals surface area contributed by atoms with Crippen LogP contribution in [0.1, 0.15) is 0 Å². The van der Waals surface area contributed by atoms with Crippen molar-refractivity contribution in [3.8, 4) is 5.75 Å². The zero-order valence-electron chi connectivity index (χ0n) is 10.2. The van der Waals surface area contributed by atoms with Crippen LogP contribution in [0.3, 0.4) is 0 Å². The molecule has 1 aromatic carbocycles. The molecular weight excluding hydrogens is 284 g/mol. The van der Waals surface area contributed by atoms with Crippen molar-refractivity contribution < 1.29 is 14.3 Å². The number of carbonyl (C=O) groups is 2. The smallest absolute Gasteiger partial charge is 0.244 e. The van der Waals surface area contributed by atoms with Gasteiger partial charge in [0.1, 0.15) is 16.6 Å². The number of anilines is 1. The average molecular weight is 296 g/mol. The highest BCUT2D eigenvalue weighted by molar-refractivity contribution is 8.23. The van der Waals surface area contributed by atoms with Gasteiger partial charge in [-0.15, -0.1) is 0 Å². The summed E-state index contributed by atoms with van der Waals surface area (Å²) in [6, 6.07) is 6.96. The topological polar surface area (TPSA) is 58.6 Å². The standard InChI is InChI=1S/C12H12N2O3S2/c1-17-9-4-2-8(3-5-9)13-10(15)6-14-11(16)7-19-12(14)18/h2-5H,6-7H2,1H3,(H,13,15). The van der Waals surface area contributed by atoms with E-state index in [-0.39, 0.29) is 18.4 Å². The van der Waals surface area contributed by atoms with Gasteiger partial charge in [0.15, 0.2) is 0 Å². The minimum Gasteiger partial charge on any atom is -0.497 e. The van der Waals surface area contributed by atoms with Crippen LogP contribution in [0.5, 0.6) is 5.75 Å². The van der Waals surface area contributed by atoms with Crippen LogP contribution >= 0.6 is 24.0 Å². The van der Waals surface area contributed by atoms with E-state index in [1.807, 2.05) is 0 Å². The Morgan fingerprint density at radius 1 is 1.47 bits per heavy atom. The predicted molar refractivity (Wildman–Crippen MR) is 78.4 cm³/mol. The minimum absolute atomic E-state index is 0.0449. The number of benzene rings is 1. The third-order valence-electron chi connectivity index (χ3n) is 2.52. The van der Waals surface area contributed by atoms with Gasteiger partial charge in [0.2, 0.25) is 11.8 Å². The van der Waals surface area contributed by atoms with Crippen molar-refractivity contribution in [3.63, 3.8) is 0 Å². The number of methoxy groups -OCH3 is 1. The molecule has 5 nitrogen and oxygen atoms in total. The summed E-state index contributed by atoms with van der Waals surface area (Å²) in [5.74, 6) is 0.628. The first-order valence-corrected chi connectivity index (χ1v) is 6.90. The molecule has 0 saturated carbocycles. The van der Waals surface area contributed by atoms with Crippen LogP contribution in [0.25, 0.3) is 0 Å². The van der Waals surface area contributed by atoms with Gasteiger partial charge in [-0.05, 0) is 24.3 Å². The molecule has 0 radical (unpaired) electrons. The van der Waals surface area contributed by atoms with Gasteiger partial charge < -0.3 is 10.1 Å². The van der Waals surface area contributed by atoms with E-state index < -0.39 is 0 Å². The summed E-state index contributed by atoms with van der Waals surface area (Å²) in [6.45, 7) is -0.0449. The summed E-state index contributed by atoms with van der Waals surface area (Å²) >= 11 is 6.28. The molecule has 1 aromatic rings. The van der Waals surface area contributed by atoms with E-state index >= 15 is 0 Å². The maximum atomic E-state index is 11.8. The molecule has 100 valence electrons. The average Bonchev–Trinajstić information content (AvgIpc) is 2.71. The van der Waals surface area contributed by atoms with E-state index in [2.05, 4.69) is 5.32 Å². The van der Waals surface area contributed by atoms with E-state index in [1.54, 1.807) is 31.4 Å². The van der Waals surface area contributed by atoms with Crippen molar-refractivity contribution in [2.75, 3.05) is 24.7 Å². The molecule has 0 aliphatic carbocycles. The van der Waals surface area contributed by atoms with E-state index in [1.165, 1.54) is 16.7 Å². The second-order valence-corrected chi connectivity index (χ2v) is 5.42. The van der Waals surface area contributed by atoms with Gasteiger partial charge in [-0.3, -0.25) is 14.5 Å². The van der Waals surface area contributed by atoms with Gasteiger partial charge in [-0.1, -0.05) is 24.0 Å². The van der Waals surface area contributed by atoms with Crippen LogP contribution < -0.4 is 10.1 Å². The lowest BCUT2D eigenvalue weighted by molar-refractivity contribution is -0.127. The Labute approximate surface area is 120 Å². The van der Waals surface area contributed by atoms with E-state index in [0.717, 1.165) is 0 Å². The second kappa shape index (κ2) is 6.03. The first kappa shape index (κ1) is 13.8. The van der Waals surface area contributed by atoms with E-state index in [0.29, 0.717) is 21.5 Å². The first-order valence-electron chi connectivity index (χ1n) is 5.51. The summed E-state index contributed by atoms with van der Waals surface area (Å²) in [6.07, 6.45) is 0. The van der Waals surface area contributed by atoms with Crippen LogP contribution in [-0.4, -0.2) is 40.4 Å². The van der Waals surface area contributed by atoms with Gasteiger partial charge >= 0.3 is 0 Å². The van der Waals surface area contributed by atoms with E-state index in [9.17, 15) is 9.59 Å². The predicted octanol–water partition coefficient (Wildman–Crippen LogP) is 1.49. The lowest BCUT2D eigenvalue weighted by Crippen LogP contribution is -2.36. The fraction of sp³-hybridized carbons (Fsp3) is 0.250. The number of hydrogen-bond donors (Lipinski definition) is 1. The Morgan fingerprint density at radius 2 is 2.16 bits per heavy atom. The van der Waals surface area contributed by atoms with Crippen LogP contribution in [0, 0.1) is 0 Å². The van der Waals surface area contributed by atoms with Crippen molar-refractivity contribution in [1.82, 2.24) is 4.90 Å². The molecule has 2 rings (SSSR count). The fourth-order valence-corrected chi connectivity index (χ4v) is 2.62. The molecule has 1 aliphatic heterocycles. The lowest BCUT2D eigenvalue weighted by Gasteiger charge is -2.14. The third kappa shape index (κ3) is 3.45. The zero-order chi connectivity index (χ0) is 13.8. The molecule has 0 atom stereocenters. The molecule has 1 fully saturated rings. The molecule has 0 bridgehead atoms. The van der Waals surface area contributed by atoms with E-state index in [4.69, 9.17) is 17.0 Å². The molecule has 1 aliphatic rings. The van der Waals surface area contributed by atoms with Gasteiger partial charge in [0.25, 0.3) is 0 Å². The molecule has 0 aromatic heterocycles. The summed E-state index contributed by atoms with van der Waals surface area (Å²) in [5.41, 5.74) is 0.649. The molecule has 1 heterocycles. The van der Waals surface area contributed by atoms with Crippen molar-refractivity contribution in [1.29, 1.82) is 0 Å². The molecule has 19 heavy (non-hydrogen) atoms. The van der Waals surface area contributed by atoms with Crippen molar-refractivity contribution in [2.45, 2.75) is 0 Å². The number of carbonyl (C=O) groups excluding carboxylic acids is 2. The number of nitrogens with zero attached hydrogens (tertiary/aromatic N) is 1. The van der Waals surface area contributed by atoms with Crippen LogP contribution in [0.2, 0.25) is 0 Å². The number of rotatable bonds is 4. The highest BCUT2D eigenvalue weighted by Gasteiger charge is 2.28. The molecular formula is C12H12N2O3S2. The molecule has 0 unspecified atom stereocenters. The fourth-order valence-electron chi connectivity index (χ4n) is 1.55. The highest BCUT2D eigenvalue weighted by Crippen LogP contribution is 2.19. The summed E-state index contributed by atoms with van der Waals surface area (Å²) < 4.78 is 5.48. The van der Waals surface area contributed by atoms with Crippen molar-refractivity contribution in [2.24, 2.45) is 0 Å². The van der Waals surface area contributed by atoms with Crippen LogP contribution in [-0.2, 0) is 9.59 Å². The Kier molecular flexibility index (Phi) is 4.39. The maximum absolute atomic E-state index is 11.8. The number of thiocarbonyl (C=S) groups is 1. The molecule has 1 N–H and O–H groups in total. The molecule has 7 heteroatoms. The van der Waals surface area contributed by atoms with Gasteiger partial charge in [-0.25, -0.2) is 0 Å². The summed E-state index contributed by atoms with van der Waals surface area (Å²) in [4.78, 5) is 24.6. The summed E-state index contributed by atoms with van der Waals surface area (Å²) in [7, 11) is 1.57. The number of hydrogen-bond acceptors (Lipinski definition) is 5. The summed E-state index contributed by atoms with van der Waals surface area (Å²) in [5, 5.41) is 2.70. The molecule has 0 spiro atoms. The Balaban J connectivity index is 1.93. The maximum Gasteiger partial charge on any atom is 0.244 e. The Bertz CT molecular complexity index is 500. The van der Waals surface area contributed by atoms with Crippen molar-refractivity contribution in [3.05, 3.63) is 24.3 Å². The van der Waals surface area contributed by atoms with Gasteiger partial charge in [0, 0.05) is 5.69 Å². The van der Waals surface area contributed by atoms with Crippen molar-refractivity contribution >= 4 is 45.8 Å². The third-order valence-corrected chi connectivity index (χ3v) is 3.95. The Hall–Kier alpha value is -1.60. The second-order valence-electron chi connectivity index (χ2n) is 3.81. The zero-order valence-corrected chi connectivity index (χ0v) is 11.8. The SMILES string of the molecule is COc1ccc(NC(=O)CN2C(=O)CSC2=S)cc1. The Morgan fingerprint density at radius 3 is 2.68 bits per heavy atom. The van der Waals surface area contributed by atoms with Crippen LogP contribution in [0.4, 0.5) is 5.69 Å². The lowest BCUT2D eigenvalue weighted by atomic mass is 10.3. The molecule has 1 saturated heterocycles. The first-order chi connectivity index (χ1) is 9.10. The number of amides is 2. The number of nitrogens with one attached hydrogen (secondary N) is 1. The van der Waals surface area contributed by atoms with Gasteiger partial charge in [-0.2, -0.15) is 0 Å². The minimum atomic E-state index is -0.275. The normalized spacial score (nSPS) is 14.7.